The number of carbonyl (C=O) groups is 3. The molecule has 1 N–H and O–H groups in total. The van der Waals surface area contributed by atoms with E-state index in [1.165, 1.54) is 6.07 Å². The first-order valence-corrected chi connectivity index (χ1v) is 8.03. The molecule has 2 heterocycles. The fourth-order valence-corrected chi connectivity index (χ4v) is 2.85. The summed E-state index contributed by atoms with van der Waals surface area (Å²) in [6, 6.07) is 4.76. The Morgan fingerprint density at radius 3 is 2.54 bits per heavy atom. The fourth-order valence-electron chi connectivity index (χ4n) is 1.86. The van der Waals surface area contributed by atoms with E-state index in [9.17, 15) is 14.4 Å². The monoisotopic (exact) mass is 351 g/mol. The van der Waals surface area contributed by atoms with Crippen molar-refractivity contribution >= 4 is 34.2 Å². The van der Waals surface area contributed by atoms with E-state index in [0.717, 1.165) is 11.3 Å². The maximum absolute atomic E-state index is 11.8. The molecule has 0 aliphatic rings. The summed E-state index contributed by atoms with van der Waals surface area (Å²) < 4.78 is 14.9. The number of carbonyl (C=O) groups excluding carboxylic acids is 3. The minimum absolute atomic E-state index is 0.0388. The zero-order chi connectivity index (χ0) is 17.7. The van der Waals surface area contributed by atoms with Crippen LogP contribution in [0.3, 0.4) is 0 Å². The fraction of sp³-hybridized carbons (Fsp3) is 0.312. The molecule has 0 bridgehead atoms. The lowest BCUT2D eigenvalue weighted by molar-refractivity contribution is -0.119. The molecule has 128 valence electrons. The van der Waals surface area contributed by atoms with Crippen LogP contribution in [0.2, 0.25) is 0 Å². The van der Waals surface area contributed by atoms with Crippen LogP contribution >= 0.6 is 11.3 Å². The predicted molar refractivity (Wildman–Crippen MR) is 87.4 cm³/mol. The Kier molecular flexibility index (Phi) is 5.75. The molecular formula is C16H17NO6S. The van der Waals surface area contributed by atoms with Gasteiger partial charge in [-0.15, -0.1) is 11.3 Å². The number of aryl methyl sites for hydroxylation is 2. The SMILES string of the molecule is CCOC(=O)c1sc(NC(=O)COC(=O)c2ccc(C)o2)cc1C. The van der Waals surface area contributed by atoms with Gasteiger partial charge in [0.25, 0.3) is 5.91 Å². The average Bonchev–Trinajstić information content (AvgIpc) is 3.11. The number of hydrogen-bond donors (Lipinski definition) is 1. The number of hydrogen-bond acceptors (Lipinski definition) is 7. The third kappa shape index (κ3) is 4.45. The largest absolute Gasteiger partial charge is 0.462 e. The molecule has 2 aromatic rings. The minimum atomic E-state index is -0.715. The minimum Gasteiger partial charge on any atom is -0.462 e. The van der Waals surface area contributed by atoms with Gasteiger partial charge in [-0.05, 0) is 44.5 Å². The number of nitrogens with one attached hydrogen (secondary N) is 1. The Morgan fingerprint density at radius 1 is 1.17 bits per heavy atom. The van der Waals surface area contributed by atoms with Crippen molar-refractivity contribution in [3.8, 4) is 0 Å². The summed E-state index contributed by atoms with van der Waals surface area (Å²) in [7, 11) is 0. The van der Waals surface area contributed by atoms with Crippen molar-refractivity contribution in [3.05, 3.63) is 40.2 Å². The van der Waals surface area contributed by atoms with Gasteiger partial charge >= 0.3 is 11.9 Å². The van der Waals surface area contributed by atoms with Crippen molar-refractivity contribution in [3.63, 3.8) is 0 Å². The maximum atomic E-state index is 11.8. The molecule has 0 fully saturated rings. The lowest BCUT2D eigenvalue weighted by atomic mass is 10.3. The molecule has 24 heavy (non-hydrogen) atoms. The maximum Gasteiger partial charge on any atom is 0.374 e. The number of esters is 2. The number of anilines is 1. The summed E-state index contributed by atoms with van der Waals surface area (Å²) in [6.07, 6.45) is 0. The van der Waals surface area contributed by atoms with Gasteiger partial charge < -0.3 is 19.2 Å². The molecular weight excluding hydrogens is 334 g/mol. The van der Waals surface area contributed by atoms with Gasteiger partial charge in [0.1, 0.15) is 10.6 Å². The zero-order valence-corrected chi connectivity index (χ0v) is 14.3. The quantitative estimate of drug-likeness (QED) is 0.804. The Hall–Kier alpha value is -2.61. The molecule has 0 saturated carbocycles. The van der Waals surface area contributed by atoms with Crippen molar-refractivity contribution in [2.75, 3.05) is 18.5 Å². The van der Waals surface area contributed by atoms with Crippen molar-refractivity contribution in [1.82, 2.24) is 0 Å². The van der Waals surface area contributed by atoms with E-state index in [1.54, 1.807) is 32.9 Å². The van der Waals surface area contributed by atoms with E-state index in [0.29, 0.717) is 21.2 Å². The number of thiophene rings is 1. The van der Waals surface area contributed by atoms with Crippen molar-refractivity contribution < 1.29 is 28.3 Å². The molecule has 0 spiro atoms. The highest BCUT2D eigenvalue weighted by molar-refractivity contribution is 7.18. The summed E-state index contributed by atoms with van der Waals surface area (Å²) >= 11 is 1.10. The Labute approximate surface area is 142 Å². The lowest BCUT2D eigenvalue weighted by Gasteiger charge is -2.03. The Bertz CT molecular complexity index is 760. The topological polar surface area (TPSA) is 94.8 Å². The zero-order valence-electron chi connectivity index (χ0n) is 13.5. The van der Waals surface area contributed by atoms with Crippen molar-refractivity contribution in [1.29, 1.82) is 0 Å². The third-order valence-electron chi connectivity index (χ3n) is 2.92. The normalized spacial score (nSPS) is 10.3. The van der Waals surface area contributed by atoms with Crippen LogP contribution in [0.15, 0.2) is 22.6 Å². The van der Waals surface area contributed by atoms with Crippen LogP contribution in [0.1, 0.15) is 38.5 Å². The smallest absolute Gasteiger partial charge is 0.374 e. The van der Waals surface area contributed by atoms with Gasteiger partial charge in [0.2, 0.25) is 5.76 Å². The molecule has 2 aromatic heterocycles. The van der Waals surface area contributed by atoms with Gasteiger partial charge in [-0.1, -0.05) is 0 Å². The van der Waals surface area contributed by atoms with Crippen LogP contribution in [0.25, 0.3) is 0 Å². The summed E-state index contributed by atoms with van der Waals surface area (Å²) in [5, 5.41) is 3.05. The van der Waals surface area contributed by atoms with E-state index in [2.05, 4.69) is 5.32 Å². The molecule has 0 unspecified atom stereocenters. The second-order valence-electron chi connectivity index (χ2n) is 4.88. The van der Waals surface area contributed by atoms with Gasteiger partial charge in [0.15, 0.2) is 6.61 Å². The van der Waals surface area contributed by atoms with Crippen molar-refractivity contribution in [2.24, 2.45) is 0 Å². The summed E-state index contributed by atoms with van der Waals surface area (Å²) in [5.74, 6) is -1.04. The molecule has 8 heteroatoms. The highest BCUT2D eigenvalue weighted by Gasteiger charge is 2.17. The standard InChI is InChI=1S/C16H17NO6S/c1-4-21-16(20)14-9(2)7-13(24-14)17-12(18)8-22-15(19)11-6-5-10(3)23-11/h5-7H,4,8H2,1-3H3,(H,17,18). The third-order valence-corrected chi connectivity index (χ3v) is 4.05. The van der Waals surface area contributed by atoms with Crippen LogP contribution in [0.5, 0.6) is 0 Å². The van der Waals surface area contributed by atoms with Gasteiger partial charge in [-0.2, -0.15) is 0 Å². The summed E-state index contributed by atoms with van der Waals surface area (Å²) in [4.78, 5) is 35.7. The highest BCUT2D eigenvalue weighted by atomic mass is 32.1. The molecule has 0 atom stereocenters. The predicted octanol–water partition coefficient (Wildman–Crippen LogP) is 2.93. The number of furan rings is 1. The molecule has 0 saturated heterocycles. The van der Waals surface area contributed by atoms with Crippen LogP contribution in [0.4, 0.5) is 5.00 Å². The highest BCUT2D eigenvalue weighted by Crippen LogP contribution is 2.27. The Morgan fingerprint density at radius 2 is 1.92 bits per heavy atom. The van der Waals surface area contributed by atoms with Crippen LogP contribution in [-0.4, -0.2) is 31.1 Å². The average molecular weight is 351 g/mol. The molecule has 0 radical (unpaired) electrons. The molecule has 0 aliphatic heterocycles. The first-order chi connectivity index (χ1) is 11.4. The summed E-state index contributed by atoms with van der Waals surface area (Å²) in [5.41, 5.74) is 0.705. The molecule has 0 aliphatic carbocycles. The van der Waals surface area contributed by atoms with E-state index in [-0.39, 0.29) is 12.4 Å². The van der Waals surface area contributed by atoms with Crippen LogP contribution in [0, 0.1) is 13.8 Å². The number of rotatable bonds is 6. The van der Waals surface area contributed by atoms with E-state index >= 15 is 0 Å². The van der Waals surface area contributed by atoms with Crippen molar-refractivity contribution in [2.45, 2.75) is 20.8 Å². The molecule has 0 aromatic carbocycles. The number of ether oxygens (including phenoxy) is 2. The van der Waals surface area contributed by atoms with Gasteiger partial charge in [0, 0.05) is 0 Å². The first-order valence-electron chi connectivity index (χ1n) is 7.21. The van der Waals surface area contributed by atoms with Crippen LogP contribution < -0.4 is 5.32 Å². The van der Waals surface area contributed by atoms with Gasteiger partial charge in [0.05, 0.1) is 11.6 Å². The van der Waals surface area contributed by atoms with Gasteiger partial charge in [-0.3, -0.25) is 4.79 Å². The van der Waals surface area contributed by atoms with E-state index in [4.69, 9.17) is 13.9 Å². The lowest BCUT2D eigenvalue weighted by Crippen LogP contribution is -2.20. The molecule has 1 amide bonds. The van der Waals surface area contributed by atoms with E-state index < -0.39 is 24.5 Å². The molecule has 2 rings (SSSR count). The number of amides is 1. The Balaban J connectivity index is 1.89. The van der Waals surface area contributed by atoms with E-state index in [1.807, 2.05) is 0 Å². The molecule has 7 nitrogen and oxygen atoms in total. The first kappa shape index (κ1) is 17.7. The second-order valence-corrected chi connectivity index (χ2v) is 5.93. The van der Waals surface area contributed by atoms with Gasteiger partial charge in [-0.25, -0.2) is 9.59 Å². The second kappa shape index (κ2) is 7.78. The summed E-state index contributed by atoms with van der Waals surface area (Å²) in [6.45, 7) is 4.99. The van der Waals surface area contributed by atoms with Crippen LogP contribution in [-0.2, 0) is 14.3 Å².